The summed E-state index contributed by atoms with van der Waals surface area (Å²) in [6.07, 6.45) is 1.46. The number of ether oxygens (including phenoxy) is 1. The van der Waals surface area contributed by atoms with E-state index < -0.39 is 9.84 Å². The maximum atomic E-state index is 14.1. The first kappa shape index (κ1) is 29.2. The Hall–Kier alpha value is -2.82. The molecular formula is C29H32ClN3O4S2. The lowest BCUT2D eigenvalue weighted by Crippen LogP contribution is -2.43. The smallest absolute Gasteiger partial charge is 0.229 e. The van der Waals surface area contributed by atoms with E-state index in [1.807, 2.05) is 42.5 Å². The number of aromatic nitrogens is 1. The molecule has 1 aromatic heterocycles. The van der Waals surface area contributed by atoms with Gasteiger partial charge >= 0.3 is 0 Å². The Labute approximate surface area is 239 Å². The van der Waals surface area contributed by atoms with Crippen molar-refractivity contribution < 1.29 is 17.9 Å². The van der Waals surface area contributed by atoms with Crippen LogP contribution < -0.4 is 4.90 Å². The highest BCUT2D eigenvalue weighted by Gasteiger charge is 2.27. The average molecular weight is 586 g/mol. The van der Waals surface area contributed by atoms with Crippen molar-refractivity contribution in [3.05, 3.63) is 90.0 Å². The number of carbonyl (C=O) groups is 1. The Bertz CT molecular complexity index is 1450. The number of hydrogen-bond donors (Lipinski definition) is 0. The van der Waals surface area contributed by atoms with Gasteiger partial charge in [-0.25, -0.2) is 13.4 Å². The highest BCUT2D eigenvalue weighted by Crippen LogP contribution is 2.35. The van der Waals surface area contributed by atoms with E-state index >= 15 is 0 Å². The van der Waals surface area contributed by atoms with E-state index in [9.17, 15) is 13.2 Å². The topological polar surface area (TPSA) is 79.8 Å². The van der Waals surface area contributed by atoms with Crippen molar-refractivity contribution in [2.75, 3.05) is 50.5 Å². The zero-order chi connectivity index (χ0) is 26.5. The number of para-hydroxylation sites is 1. The number of fused-ring (bicyclic) bond motifs is 1. The molecule has 3 aromatic carbocycles. The molecule has 0 unspecified atom stereocenters. The Morgan fingerprint density at radius 2 is 1.59 bits per heavy atom. The second-order valence-corrected chi connectivity index (χ2v) is 12.4. The average Bonchev–Trinajstić information content (AvgIpc) is 3.37. The molecule has 0 bridgehead atoms. The van der Waals surface area contributed by atoms with Gasteiger partial charge < -0.3 is 4.74 Å². The number of sulfone groups is 1. The highest BCUT2D eigenvalue weighted by molar-refractivity contribution is 7.91. The summed E-state index contributed by atoms with van der Waals surface area (Å²) in [6, 6.07) is 25.3. The van der Waals surface area contributed by atoms with E-state index in [2.05, 4.69) is 29.2 Å². The minimum Gasteiger partial charge on any atom is -0.379 e. The molecule has 1 saturated heterocycles. The summed E-state index contributed by atoms with van der Waals surface area (Å²) >= 11 is 1.36. The Kier molecular flexibility index (Phi) is 9.74. The minimum atomic E-state index is -3.46. The van der Waals surface area contributed by atoms with Gasteiger partial charge in [0.05, 0.1) is 22.8 Å². The van der Waals surface area contributed by atoms with Crippen LogP contribution >= 0.6 is 23.7 Å². The number of benzene rings is 3. The Morgan fingerprint density at radius 1 is 0.974 bits per heavy atom. The fraction of sp³-hybridized carbons (Fsp3) is 0.310. The van der Waals surface area contributed by atoms with Crippen LogP contribution in [0.5, 0.6) is 0 Å². The molecule has 1 amide bonds. The molecule has 0 saturated carbocycles. The van der Waals surface area contributed by atoms with Crippen LogP contribution in [0.1, 0.15) is 23.5 Å². The van der Waals surface area contributed by atoms with Crippen molar-refractivity contribution >= 4 is 54.8 Å². The summed E-state index contributed by atoms with van der Waals surface area (Å²) in [7, 11) is -3.46. The number of morpholine rings is 1. The first-order chi connectivity index (χ1) is 18.4. The monoisotopic (exact) mass is 585 g/mol. The van der Waals surface area contributed by atoms with E-state index in [4.69, 9.17) is 9.72 Å². The lowest BCUT2D eigenvalue weighted by molar-refractivity contribution is -0.118. The van der Waals surface area contributed by atoms with Gasteiger partial charge in [-0.3, -0.25) is 14.6 Å². The van der Waals surface area contributed by atoms with Crippen LogP contribution in [0.2, 0.25) is 0 Å². The third-order valence-corrected chi connectivity index (χ3v) is 9.00. The molecule has 0 atom stereocenters. The Balaban J connectivity index is 0.00000353. The third kappa shape index (κ3) is 7.04. The summed E-state index contributed by atoms with van der Waals surface area (Å²) in [5, 5.41) is 0.522. The zero-order valence-electron chi connectivity index (χ0n) is 21.7. The van der Waals surface area contributed by atoms with Crippen molar-refractivity contribution in [1.29, 1.82) is 0 Å². The first-order valence-electron chi connectivity index (χ1n) is 12.7. The number of hydrogen-bond acceptors (Lipinski definition) is 7. The van der Waals surface area contributed by atoms with E-state index in [1.54, 1.807) is 17.0 Å². The van der Waals surface area contributed by atoms with Crippen LogP contribution in [0, 0.1) is 0 Å². The number of halogens is 1. The van der Waals surface area contributed by atoms with Crippen molar-refractivity contribution in [2.45, 2.75) is 17.2 Å². The predicted molar refractivity (Wildman–Crippen MR) is 159 cm³/mol. The molecule has 2 heterocycles. The Morgan fingerprint density at radius 3 is 2.18 bits per heavy atom. The van der Waals surface area contributed by atoms with E-state index in [-0.39, 0.29) is 35.5 Å². The number of amides is 1. The summed E-state index contributed by atoms with van der Waals surface area (Å²) in [5.74, 6) is -0.160. The number of anilines is 1. The van der Waals surface area contributed by atoms with E-state index in [1.165, 1.54) is 17.6 Å². The number of carbonyl (C=O) groups excluding carboxylic acids is 1. The van der Waals surface area contributed by atoms with Crippen LogP contribution in [-0.4, -0.2) is 69.9 Å². The molecular weight excluding hydrogens is 554 g/mol. The van der Waals surface area contributed by atoms with Gasteiger partial charge in [0.2, 0.25) is 5.91 Å². The molecule has 0 aliphatic carbocycles. The number of nitrogens with zero attached hydrogens (tertiary/aromatic N) is 3. The second-order valence-electron chi connectivity index (χ2n) is 9.45. The summed E-state index contributed by atoms with van der Waals surface area (Å²) in [6.45, 7) is 4.13. The molecule has 7 nitrogen and oxygen atoms in total. The molecule has 206 valence electrons. The van der Waals surface area contributed by atoms with Gasteiger partial charge in [0, 0.05) is 44.8 Å². The maximum Gasteiger partial charge on any atom is 0.229 e. The maximum absolute atomic E-state index is 14.1. The van der Waals surface area contributed by atoms with Gasteiger partial charge in [0.1, 0.15) is 5.52 Å². The summed E-state index contributed by atoms with van der Waals surface area (Å²) in [5.41, 5.74) is 2.56. The zero-order valence-corrected chi connectivity index (χ0v) is 24.2. The molecule has 1 aliphatic heterocycles. The van der Waals surface area contributed by atoms with Gasteiger partial charge in [0.15, 0.2) is 15.0 Å². The SMILES string of the molecule is CS(=O)(=O)c1cccc2sc(N(CCN3CCOCC3)C(=O)CC(c3ccccc3)c3ccccc3)nc12.Cl. The van der Waals surface area contributed by atoms with Gasteiger partial charge in [-0.2, -0.15) is 0 Å². The molecule has 4 aromatic rings. The fourth-order valence-corrected chi connectivity index (χ4v) is 6.74. The lowest BCUT2D eigenvalue weighted by Gasteiger charge is -2.30. The summed E-state index contributed by atoms with van der Waals surface area (Å²) in [4.78, 5) is 23.0. The second kappa shape index (κ2) is 13.0. The quantitative estimate of drug-likeness (QED) is 0.275. The molecule has 1 fully saturated rings. The van der Waals surface area contributed by atoms with Crippen LogP contribution in [0.4, 0.5) is 5.13 Å². The molecule has 10 heteroatoms. The first-order valence-corrected chi connectivity index (χ1v) is 15.4. The molecule has 39 heavy (non-hydrogen) atoms. The lowest BCUT2D eigenvalue weighted by atomic mass is 9.88. The van der Waals surface area contributed by atoms with Gasteiger partial charge in [-0.1, -0.05) is 78.1 Å². The molecule has 0 N–H and O–H groups in total. The van der Waals surface area contributed by atoms with Gasteiger partial charge in [-0.05, 0) is 23.3 Å². The largest absolute Gasteiger partial charge is 0.379 e. The molecule has 5 rings (SSSR count). The predicted octanol–water partition coefficient (Wildman–Crippen LogP) is 5.01. The van der Waals surface area contributed by atoms with Crippen LogP contribution in [0.15, 0.2) is 83.8 Å². The van der Waals surface area contributed by atoms with Gasteiger partial charge in [-0.15, -0.1) is 12.4 Å². The van der Waals surface area contributed by atoms with Crippen LogP contribution in [-0.2, 0) is 19.4 Å². The van der Waals surface area contributed by atoms with Crippen molar-refractivity contribution in [2.24, 2.45) is 0 Å². The number of thiazole rings is 1. The molecule has 0 radical (unpaired) electrons. The minimum absolute atomic E-state index is 0. The third-order valence-electron chi connectivity index (χ3n) is 6.83. The van der Waals surface area contributed by atoms with Crippen LogP contribution in [0.25, 0.3) is 10.2 Å². The van der Waals surface area contributed by atoms with Gasteiger partial charge in [0.25, 0.3) is 0 Å². The van der Waals surface area contributed by atoms with Crippen molar-refractivity contribution in [3.8, 4) is 0 Å². The van der Waals surface area contributed by atoms with Crippen molar-refractivity contribution in [1.82, 2.24) is 9.88 Å². The standard InChI is InChI=1S/C29H31N3O4S2.ClH/c1-38(34,35)26-14-8-13-25-28(26)30-29(37-25)32(16-15-31-17-19-36-20-18-31)27(33)21-24(22-9-4-2-5-10-22)23-11-6-3-7-12-23;/h2-14,24H,15-21H2,1H3;1H. The molecule has 0 spiro atoms. The van der Waals surface area contributed by atoms with Crippen molar-refractivity contribution in [3.63, 3.8) is 0 Å². The normalized spacial score (nSPS) is 14.3. The summed E-state index contributed by atoms with van der Waals surface area (Å²) < 4.78 is 31.1. The van der Waals surface area contributed by atoms with E-state index in [0.717, 1.165) is 28.9 Å². The fourth-order valence-electron chi connectivity index (χ4n) is 4.80. The van der Waals surface area contributed by atoms with Crippen LogP contribution in [0.3, 0.4) is 0 Å². The molecule has 1 aliphatic rings. The van der Waals surface area contributed by atoms with E-state index in [0.29, 0.717) is 37.0 Å². The highest BCUT2D eigenvalue weighted by atomic mass is 35.5. The number of rotatable bonds is 9.